The van der Waals surface area contributed by atoms with E-state index in [0.29, 0.717) is 12.2 Å². The number of rotatable bonds is 4. The van der Waals surface area contributed by atoms with Gasteiger partial charge in [-0.3, -0.25) is 0 Å². The molecule has 3 nitrogen and oxygen atoms in total. The average Bonchev–Trinajstić information content (AvgIpc) is 3.01. The number of hydrogen-bond donors (Lipinski definition) is 1. The van der Waals surface area contributed by atoms with Crippen molar-refractivity contribution in [3.8, 4) is 0 Å². The second-order valence-electron chi connectivity index (χ2n) is 4.09. The number of ether oxygens (including phenoxy) is 2. The maximum Gasteiger partial charge on any atom is 0.0850 e. The minimum Gasteiger partial charge on any atom is -0.373 e. The molecule has 0 spiro atoms. The van der Waals surface area contributed by atoms with Gasteiger partial charge in [-0.25, -0.2) is 0 Å². The fraction of sp³-hybridized carbons (Fsp3) is 0.500. The lowest BCUT2D eigenvalue weighted by atomic mass is 9.99. The molecule has 2 fully saturated rings. The van der Waals surface area contributed by atoms with Gasteiger partial charge in [0.15, 0.2) is 0 Å². The largest absolute Gasteiger partial charge is 0.373 e. The highest BCUT2D eigenvalue weighted by Crippen LogP contribution is 2.23. The highest BCUT2D eigenvalue weighted by Gasteiger charge is 2.26. The van der Waals surface area contributed by atoms with E-state index in [-0.39, 0.29) is 6.15 Å². The van der Waals surface area contributed by atoms with Crippen molar-refractivity contribution in [1.82, 2.24) is 6.15 Å². The van der Waals surface area contributed by atoms with E-state index in [1.165, 1.54) is 11.1 Å². The van der Waals surface area contributed by atoms with Gasteiger partial charge in [0.25, 0.3) is 0 Å². The fourth-order valence-corrected chi connectivity index (χ4v) is 1.82. The molecular weight excluding hydrogens is 190 g/mol. The molecule has 2 unspecified atom stereocenters. The highest BCUT2D eigenvalue weighted by atomic mass is 16.6. The van der Waals surface area contributed by atoms with Gasteiger partial charge in [-0.15, -0.1) is 0 Å². The summed E-state index contributed by atoms with van der Waals surface area (Å²) in [4.78, 5) is 0. The van der Waals surface area contributed by atoms with Crippen LogP contribution in [-0.4, -0.2) is 25.4 Å². The third-order valence-corrected chi connectivity index (χ3v) is 2.82. The molecule has 0 aromatic heterocycles. The molecule has 2 aliphatic rings. The van der Waals surface area contributed by atoms with Gasteiger partial charge in [0, 0.05) is 12.8 Å². The molecule has 0 aliphatic carbocycles. The van der Waals surface area contributed by atoms with Crippen LogP contribution in [-0.2, 0) is 22.3 Å². The lowest BCUT2D eigenvalue weighted by molar-refractivity contribution is 0.401. The Hall–Kier alpha value is -0.900. The van der Waals surface area contributed by atoms with Crippen LogP contribution in [0.25, 0.3) is 0 Å². The van der Waals surface area contributed by atoms with Crippen molar-refractivity contribution in [2.24, 2.45) is 0 Å². The molecule has 15 heavy (non-hydrogen) atoms. The smallest absolute Gasteiger partial charge is 0.0850 e. The minimum absolute atomic E-state index is 0. The van der Waals surface area contributed by atoms with Crippen molar-refractivity contribution in [3.05, 3.63) is 35.4 Å². The van der Waals surface area contributed by atoms with Gasteiger partial charge in [0.05, 0.1) is 25.4 Å². The van der Waals surface area contributed by atoms with Crippen molar-refractivity contribution in [2.75, 3.05) is 13.2 Å². The maximum absolute atomic E-state index is 5.26. The Morgan fingerprint density at radius 3 is 1.67 bits per heavy atom. The van der Waals surface area contributed by atoms with E-state index in [0.717, 1.165) is 26.1 Å². The van der Waals surface area contributed by atoms with Crippen LogP contribution in [0.3, 0.4) is 0 Å². The van der Waals surface area contributed by atoms with Crippen LogP contribution in [0.15, 0.2) is 24.3 Å². The van der Waals surface area contributed by atoms with Gasteiger partial charge >= 0.3 is 0 Å². The van der Waals surface area contributed by atoms with Crippen LogP contribution in [0.1, 0.15) is 11.1 Å². The van der Waals surface area contributed by atoms with E-state index in [4.69, 9.17) is 9.47 Å². The zero-order valence-corrected chi connectivity index (χ0v) is 8.82. The van der Waals surface area contributed by atoms with Gasteiger partial charge in [-0.2, -0.15) is 0 Å². The number of benzene rings is 1. The zero-order chi connectivity index (χ0) is 9.38. The van der Waals surface area contributed by atoms with E-state index in [9.17, 15) is 0 Å². The first kappa shape index (κ1) is 10.6. The SMILES string of the molecule is N.c1ccc(CC2CO2)c(CC2CO2)c1. The van der Waals surface area contributed by atoms with Crippen molar-refractivity contribution in [3.63, 3.8) is 0 Å². The first-order chi connectivity index (χ1) is 6.92. The Balaban J connectivity index is 0.000000853. The first-order valence-electron chi connectivity index (χ1n) is 5.22. The van der Waals surface area contributed by atoms with E-state index >= 15 is 0 Å². The molecule has 3 rings (SSSR count). The Labute approximate surface area is 90.0 Å². The van der Waals surface area contributed by atoms with E-state index in [2.05, 4.69) is 24.3 Å². The molecule has 1 aromatic carbocycles. The van der Waals surface area contributed by atoms with Crippen molar-refractivity contribution in [2.45, 2.75) is 25.0 Å². The summed E-state index contributed by atoms with van der Waals surface area (Å²) in [5, 5.41) is 0. The molecule has 0 bridgehead atoms. The van der Waals surface area contributed by atoms with Crippen LogP contribution in [0, 0.1) is 0 Å². The Morgan fingerprint density at radius 1 is 0.933 bits per heavy atom. The summed E-state index contributed by atoms with van der Waals surface area (Å²) < 4.78 is 10.5. The Kier molecular flexibility index (Phi) is 3.05. The highest BCUT2D eigenvalue weighted by molar-refractivity contribution is 5.29. The van der Waals surface area contributed by atoms with Crippen LogP contribution in [0.2, 0.25) is 0 Å². The molecule has 0 radical (unpaired) electrons. The summed E-state index contributed by atoms with van der Waals surface area (Å²) in [6, 6.07) is 8.63. The van der Waals surface area contributed by atoms with Gasteiger partial charge in [-0.05, 0) is 11.1 Å². The van der Waals surface area contributed by atoms with Crippen LogP contribution in [0.4, 0.5) is 0 Å². The number of hydrogen-bond acceptors (Lipinski definition) is 3. The summed E-state index contributed by atoms with van der Waals surface area (Å²) in [6.45, 7) is 1.88. The topological polar surface area (TPSA) is 60.1 Å². The molecule has 82 valence electrons. The average molecular weight is 207 g/mol. The molecule has 2 heterocycles. The lowest BCUT2D eigenvalue weighted by Crippen LogP contribution is -2.01. The van der Waals surface area contributed by atoms with Crippen LogP contribution >= 0.6 is 0 Å². The molecule has 0 amide bonds. The molecule has 2 aliphatic heterocycles. The lowest BCUT2D eigenvalue weighted by Gasteiger charge is -2.06. The van der Waals surface area contributed by atoms with E-state index < -0.39 is 0 Å². The summed E-state index contributed by atoms with van der Waals surface area (Å²) in [5.41, 5.74) is 2.87. The predicted octanol–water partition coefficient (Wildman–Crippen LogP) is 1.73. The fourth-order valence-electron chi connectivity index (χ4n) is 1.82. The van der Waals surface area contributed by atoms with E-state index in [1.807, 2.05) is 0 Å². The van der Waals surface area contributed by atoms with Crippen LogP contribution < -0.4 is 6.15 Å². The number of epoxide rings is 2. The maximum atomic E-state index is 5.26. The Morgan fingerprint density at radius 2 is 1.33 bits per heavy atom. The summed E-state index contributed by atoms with van der Waals surface area (Å²) in [5.74, 6) is 0. The molecule has 2 saturated heterocycles. The second-order valence-corrected chi connectivity index (χ2v) is 4.09. The van der Waals surface area contributed by atoms with Gasteiger partial charge < -0.3 is 15.6 Å². The van der Waals surface area contributed by atoms with Crippen LogP contribution in [0.5, 0.6) is 0 Å². The molecule has 1 aromatic rings. The second kappa shape index (κ2) is 4.31. The van der Waals surface area contributed by atoms with Crippen molar-refractivity contribution < 1.29 is 9.47 Å². The third kappa shape index (κ3) is 2.78. The standard InChI is InChI=1S/C12H14O2.H3N/c1-2-4-10(6-12-8-14-12)9(3-1)5-11-7-13-11;/h1-4,11-12H,5-8H2;1H3. The molecule has 0 saturated carbocycles. The monoisotopic (exact) mass is 207 g/mol. The van der Waals surface area contributed by atoms with Crippen molar-refractivity contribution >= 4 is 0 Å². The summed E-state index contributed by atoms with van der Waals surface area (Å²) in [6.07, 6.45) is 3.11. The van der Waals surface area contributed by atoms with Gasteiger partial charge in [-0.1, -0.05) is 24.3 Å². The quantitative estimate of drug-likeness (QED) is 0.765. The summed E-state index contributed by atoms with van der Waals surface area (Å²) >= 11 is 0. The Bertz CT molecular complexity index is 299. The minimum atomic E-state index is 0. The first-order valence-corrected chi connectivity index (χ1v) is 5.22. The van der Waals surface area contributed by atoms with Gasteiger partial charge in [0.2, 0.25) is 0 Å². The zero-order valence-electron chi connectivity index (χ0n) is 8.82. The normalized spacial score (nSPS) is 26.9. The third-order valence-electron chi connectivity index (χ3n) is 2.82. The molecule has 2 atom stereocenters. The van der Waals surface area contributed by atoms with Crippen molar-refractivity contribution in [1.29, 1.82) is 0 Å². The van der Waals surface area contributed by atoms with E-state index in [1.54, 1.807) is 0 Å². The molecule has 3 heteroatoms. The van der Waals surface area contributed by atoms with Gasteiger partial charge in [0.1, 0.15) is 0 Å². The summed E-state index contributed by atoms with van der Waals surface area (Å²) in [7, 11) is 0. The molecule has 3 N–H and O–H groups in total. The molecular formula is C12H17NO2. The predicted molar refractivity (Wildman–Crippen MR) is 58.4 cm³/mol.